The first kappa shape index (κ1) is 13.0. The molecular weight excluding hydrogens is 265 g/mol. The molecule has 0 spiro atoms. The van der Waals surface area contributed by atoms with Crippen LogP contribution in [0, 0.1) is 19.7 Å². The molecule has 1 N–H and O–H groups in total. The van der Waals surface area contributed by atoms with E-state index >= 15 is 0 Å². The summed E-state index contributed by atoms with van der Waals surface area (Å²) in [5, 5.41) is 3.38. The van der Waals surface area contributed by atoms with E-state index in [2.05, 4.69) is 24.4 Å². The maximum atomic E-state index is 13.7. The van der Waals surface area contributed by atoms with Gasteiger partial charge in [0.2, 0.25) is 0 Å². The maximum absolute atomic E-state index is 13.7. The molecule has 0 aromatic heterocycles. The summed E-state index contributed by atoms with van der Waals surface area (Å²) in [4.78, 5) is 0. The molecule has 0 fully saturated rings. The van der Waals surface area contributed by atoms with E-state index in [4.69, 9.17) is 4.74 Å². The second-order valence-electron chi connectivity index (χ2n) is 6.07. The van der Waals surface area contributed by atoms with Crippen LogP contribution in [-0.4, -0.2) is 0 Å². The first-order valence-corrected chi connectivity index (χ1v) is 7.37. The van der Waals surface area contributed by atoms with Gasteiger partial charge in [-0.25, -0.2) is 4.39 Å². The Morgan fingerprint density at radius 3 is 2.52 bits per heavy atom. The van der Waals surface area contributed by atoms with Gasteiger partial charge in [-0.05, 0) is 64.9 Å². The van der Waals surface area contributed by atoms with E-state index in [1.807, 2.05) is 13.0 Å². The van der Waals surface area contributed by atoms with E-state index in [1.165, 1.54) is 22.3 Å². The molecule has 4 rings (SSSR count). The van der Waals surface area contributed by atoms with Crippen LogP contribution in [0.5, 0.6) is 0 Å². The molecule has 0 bridgehead atoms. The minimum absolute atomic E-state index is 0.0646. The van der Waals surface area contributed by atoms with Crippen LogP contribution in [0.15, 0.2) is 24.3 Å². The third-order valence-electron chi connectivity index (χ3n) is 4.61. The van der Waals surface area contributed by atoms with Crippen LogP contribution in [-0.2, 0) is 24.4 Å². The topological polar surface area (TPSA) is 21.3 Å². The van der Waals surface area contributed by atoms with Crippen LogP contribution in [0.25, 0.3) is 0 Å². The molecular formula is C18H18FNO. The third-order valence-corrected chi connectivity index (χ3v) is 4.61. The molecule has 0 radical (unpaired) electrons. The lowest BCUT2D eigenvalue weighted by Crippen LogP contribution is -2.03. The lowest BCUT2D eigenvalue weighted by molar-refractivity contribution is 0.0934. The Morgan fingerprint density at radius 1 is 0.952 bits per heavy atom. The van der Waals surface area contributed by atoms with Gasteiger partial charge in [-0.2, -0.15) is 0 Å². The van der Waals surface area contributed by atoms with E-state index < -0.39 is 0 Å². The highest BCUT2D eigenvalue weighted by Crippen LogP contribution is 2.39. The molecule has 2 nitrogen and oxygen atoms in total. The molecule has 0 saturated carbocycles. The van der Waals surface area contributed by atoms with E-state index in [1.54, 1.807) is 6.07 Å². The summed E-state index contributed by atoms with van der Waals surface area (Å²) >= 11 is 0. The largest absolute Gasteiger partial charge is 0.364 e. The number of ether oxygens (including phenoxy) is 1. The molecule has 2 aromatic carbocycles. The average molecular weight is 283 g/mol. The van der Waals surface area contributed by atoms with Crippen molar-refractivity contribution in [2.75, 3.05) is 0 Å². The fourth-order valence-corrected chi connectivity index (χ4v) is 3.41. The normalized spacial score (nSPS) is 19.7. The molecule has 1 unspecified atom stereocenters. The highest BCUT2D eigenvalue weighted by Gasteiger charge is 2.28. The Labute approximate surface area is 123 Å². The predicted molar refractivity (Wildman–Crippen MR) is 79.5 cm³/mol. The molecule has 1 atom stereocenters. The quantitative estimate of drug-likeness (QED) is 0.862. The highest BCUT2D eigenvalue weighted by molar-refractivity contribution is 5.47. The van der Waals surface area contributed by atoms with Crippen molar-refractivity contribution in [3.05, 3.63) is 69.0 Å². The van der Waals surface area contributed by atoms with Crippen molar-refractivity contribution in [2.45, 2.75) is 39.6 Å². The number of halogens is 1. The molecule has 0 aliphatic carbocycles. The second kappa shape index (κ2) is 4.65. The van der Waals surface area contributed by atoms with Crippen LogP contribution in [0.3, 0.4) is 0 Å². The third kappa shape index (κ3) is 2.00. The molecule has 0 saturated heterocycles. The van der Waals surface area contributed by atoms with Crippen LogP contribution < -0.4 is 5.32 Å². The van der Waals surface area contributed by atoms with Gasteiger partial charge in [0.15, 0.2) is 0 Å². The van der Waals surface area contributed by atoms with Gasteiger partial charge in [0.25, 0.3) is 0 Å². The monoisotopic (exact) mass is 283 g/mol. The van der Waals surface area contributed by atoms with Crippen molar-refractivity contribution < 1.29 is 9.13 Å². The Hall–Kier alpha value is -1.71. The number of fused-ring (bicyclic) bond motifs is 2. The summed E-state index contributed by atoms with van der Waals surface area (Å²) in [6, 6.07) is 8.06. The van der Waals surface area contributed by atoms with Gasteiger partial charge < -0.3 is 10.1 Å². The number of benzene rings is 2. The van der Waals surface area contributed by atoms with Gasteiger partial charge in [0.1, 0.15) is 11.9 Å². The molecule has 21 heavy (non-hydrogen) atoms. The van der Waals surface area contributed by atoms with Crippen LogP contribution in [0.2, 0.25) is 0 Å². The van der Waals surface area contributed by atoms with Crippen molar-refractivity contribution in [3.8, 4) is 0 Å². The van der Waals surface area contributed by atoms with Crippen molar-refractivity contribution in [3.63, 3.8) is 0 Å². The van der Waals surface area contributed by atoms with E-state index in [-0.39, 0.29) is 11.9 Å². The summed E-state index contributed by atoms with van der Waals surface area (Å²) in [6.45, 7) is 6.30. The zero-order valence-corrected chi connectivity index (χ0v) is 12.3. The summed E-state index contributed by atoms with van der Waals surface area (Å²) in [7, 11) is 0. The number of rotatable bonds is 1. The SMILES string of the molecule is Cc1cc2c(cc1F)COC2c1cc2c(cc1C)CNC2. The summed E-state index contributed by atoms with van der Waals surface area (Å²) < 4.78 is 19.7. The Kier molecular flexibility index (Phi) is 2.88. The van der Waals surface area contributed by atoms with Crippen LogP contribution >= 0.6 is 0 Å². The lowest BCUT2D eigenvalue weighted by Gasteiger charge is -2.17. The maximum Gasteiger partial charge on any atom is 0.126 e. The standard InChI is InChI=1S/C18H18FNO/c1-10-3-12-7-20-8-13(12)5-15(10)18-16-4-11(2)17(19)6-14(16)9-21-18/h3-6,18,20H,7-9H2,1-2H3. The minimum atomic E-state index is -0.145. The van der Waals surface area contributed by atoms with Gasteiger partial charge >= 0.3 is 0 Å². The van der Waals surface area contributed by atoms with Crippen molar-refractivity contribution in [1.82, 2.24) is 5.32 Å². The van der Waals surface area contributed by atoms with Crippen molar-refractivity contribution >= 4 is 0 Å². The minimum Gasteiger partial charge on any atom is -0.364 e. The van der Waals surface area contributed by atoms with Crippen molar-refractivity contribution in [1.29, 1.82) is 0 Å². The molecule has 2 aliphatic heterocycles. The van der Waals surface area contributed by atoms with E-state index in [0.717, 1.165) is 24.2 Å². The summed E-state index contributed by atoms with van der Waals surface area (Å²) in [6.07, 6.45) is -0.0646. The number of hydrogen-bond acceptors (Lipinski definition) is 2. The highest BCUT2D eigenvalue weighted by atomic mass is 19.1. The van der Waals surface area contributed by atoms with Gasteiger partial charge in [-0.1, -0.05) is 12.1 Å². The molecule has 0 amide bonds. The predicted octanol–water partition coefficient (Wildman–Crippen LogP) is 3.67. The fourth-order valence-electron chi connectivity index (χ4n) is 3.41. The molecule has 108 valence electrons. The lowest BCUT2D eigenvalue weighted by atomic mass is 9.92. The van der Waals surface area contributed by atoms with Crippen molar-refractivity contribution in [2.24, 2.45) is 0 Å². The second-order valence-corrected chi connectivity index (χ2v) is 6.07. The Balaban J connectivity index is 1.82. The molecule has 3 heteroatoms. The van der Waals surface area contributed by atoms with Gasteiger partial charge in [-0.15, -0.1) is 0 Å². The molecule has 2 aliphatic rings. The fraction of sp³-hybridized carbons (Fsp3) is 0.333. The Morgan fingerprint density at radius 2 is 1.71 bits per heavy atom. The number of aryl methyl sites for hydroxylation is 2. The van der Waals surface area contributed by atoms with E-state index in [0.29, 0.717) is 12.2 Å². The van der Waals surface area contributed by atoms with E-state index in [9.17, 15) is 4.39 Å². The average Bonchev–Trinajstić information content (AvgIpc) is 3.05. The zero-order chi connectivity index (χ0) is 14.6. The summed E-state index contributed by atoms with van der Waals surface area (Å²) in [5.74, 6) is -0.145. The van der Waals surface area contributed by atoms with Gasteiger partial charge in [0, 0.05) is 13.1 Å². The molecule has 2 heterocycles. The van der Waals surface area contributed by atoms with Gasteiger partial charge in [-0.3, -0.25) is 0 Å². The van der Waals surface area contributed by atoms with Crippen LogP contribution in [0.1, 0.15) is 45.0 Å². The zero-order valence-electron chi connectivity index (χ0n) is 12.3. The smallest absolute Gasteiger partial charge is 0.126 e. The first-order chi connectivity index (χ1) is 10.1. The van der Waals surface area contributed by atoms with Gasteiger partial charge in [0.05, 0.1) is 6.61 Å². The molecule has 2 aromatic rings. The summed E-state index contributed by atoms with van der Waals surface area (Å²) in [5.41, 5.74) is 7.96. The first-order valence-electron chi connectivity index (χ1n) is 7.37. The van der Waals surface area contributed by atoms with Crippen LogP contribution in [0.4, 0.5) is 4.39 Å². The Bertz CT molecular complexity index is 738. The number of nitrogens with one attached hydrogen (secondary N) is 1. The number of hydrogen-bond donors (Lipinski definition) is 1.